The summed E-state index contributed by atoms with van der Waals surface area (Å²) in [5.74, 6) is -1.36. The minimum Gasteiger partial charge on any atom is -0.347 e. The highest BCUT2D eigenvalue weighted by atomic mass is 32.1. The second kappa shape index (κ2) is 15.1. The number of thiophene rings is 1. The summed E-state index contributed by atoms with van der Waals surface area (Å²) in [7, 11) is 0. The van der Waals surface area contributed by atoms with Gasteiger partial charge in [0.1, 0.15) is 5.82 Å². The molecule has 0 spiro atoms. The molecule has 2 aromatic carbocycles. The second-order valence-electron chi connectivity index (χ2n) is 11.2. The normalized spacial score (nSPS) is 17.2. The van der Waals surface area contributed by atoms with E-state index >= 15 is 0 Å². The molecule has 1 saturated heterocycles. The molecule has 3 aromatic rings. The third kappa shape index (κ3) is 8.49. The molecule has 4 N–H and O–H groups in total. The van der Waals surface area contributed by atoms with E-state index in [9.17, 15) is 18.8 Å². The molecule has 7 nitrogen and oxygen atoms in total. The van der Waals surface area contributed by atoms with Crippen molar-refractivity contribution in [1.29, 1.82) is 0 Å². The molecule has 0 saturated carbocycles. The molecule has 2 heterocycles. The van der Waals surface area contributed by atoms with Crippen LogP contribution in [0.1, 0.15) is 77.3 Å². The maximum Gasteiger partial charge on any atom is 0.264 e. The number of hydrogen-bond acceptors (Lipinski definition) is 5. The van der Waals surface area contributed by atoms with Crippen molar-refractivity contribution in [3.05, 3.63) is 87.9 Å². The first-order valence-electron chi connectivity index (χ1n) is 14.8. The Hall–Kier alpha value is -3.56. The average Bonchev–Trinajstić information content (AvgIpc) is 3.49. The highest BCUT2D eigenvalue weighted by Gasteiger charge is 2.29. The van der Waals surface area contributed by atoms with Gasteiger partial charge in [0.2, 0.25) is 5.91 Å². The lowest BCUT2D eigenvalue weighted by Crippen LogP contribution is -2.50. The van der Waals surface area contributed by atoms with Crippen LogP contribution < -0.4 is 16.4 Å². The Bertz CT molecular complexity index is 1330. The van der Waals surface area contributed by atoms with Gasteiger partial charge in [-0.3, -0.25) is 14.4 Å². The lowest BCUT2D eigenvalue weighted by atomic mass is 9.92. The van der Waals surface area contributed by atoms with Gasteiger partial charge < -0.3 is 21.3 Å². The molecule has 1 fully saturated rings. The Morgan fingerprint density at radius 2 is 1.74 bits per heavy atom. The van der Waals surface area contributed by atoms with Crippen molar-refractivity contribution in [2.75, 3.05) is 11.9 Å². The summed E-state index contributed by atoms with van der Waals surface area (Å²) in [6, 6.07) is 18.1. The van der Waals surface area contributed by atoms with E-state index in [0.29, 0.717) is 28.3 Å². The molecule has 224 valence electrons. The van der Waals surface area contributed by atoms with Crippen LogP contribution in [0.3, 0.4) is 0 Å². The van der Waals surface area contributed by atoms with Crippen LogP contribution in [0.4, 0.5) is 10.1 Å². The molecule has 4 atom stereocenters. The van der Waals surface area contributed by atoms with E-state index < -0.39 is 18.0 Å². The minimum atomic E-state index is -0.521. The van der Waals surface area contributed by atoms with Crippen LogP contribution in [0.25, 0.3) is 0 Å². The van der Waals surface area contributed by atoms with Crippen molar-refractivity contribution in [2.45, 2.75) is 76.9 Å². The predicted molar refractivity (Wildman–Crippen MR) is 166 cm³/mol. The third-order valence-electron chi connectivity index (χ3n) is 7.87. The molecule has 3 amide bonds. The molecular formula is C33H41FN4O3S. The van der Waals surface area contributed by atoms with Gasteiger partial charge in [0.25, 0.3) is 11.8 Å². The Labute approximate surface area is 251 Å². The number of halogens is 1. The van der Waals surface area contributed by atoms with Crippen LogP contribution in [0.15, 0.2) is 66.7 Å². The average molecular weight is 593 g/mol. The van der Waals surface area contributed by atoms with E-state index in [0.717, 1.165) is 44.2 Å². The monoisotopic (exact) mass is 592 g/mol. The van der Waals surface area contributed by atoms with Gasteiger partial charge in [-0.25, -0.2) is 4.39 Å². The van der Waals surface area contributed by atoms with E-state index in [1.807, 2.05) is 35.2 Å². The van der Waals surface area contributed by atoms with Crippen molar-refractivity contribution < 1.29 is 18.8 Å². The maximum absolute atomic E-state index is 13.4. The summed E-state index contributed by atoms with van der Waals surface area (Å²) in [5, 5.41) is 5.89. The number of likely N-dealkylation sites (tertiary alicyclic amines) is 1. The zero-order valence-electron chi connectivity index (χ0n) is 24.4. The van der Waals surface area contributed by atoms with Crippen LogP contribution >= 0.6 is 11.3 Å². The number of rotatable bonds is 12. The highest BCUT2D eigenvalue weighted by Crippen LogP contribution is 2.26. The van der Waals surface area contributed by atoms with Crippen LogP contribution in [0.2, 0.25) is 0 Å². The quantitative estimate of drug-likeness (QED) is 0.239. The molecule has 4 rings (SSSR count). The van der Waals surface area contributed by atoms with Gasteiger partial charge in [-0.05, 0) is 80.5 Å². The van der Waals surface area contributed by atoms with Gasteiger partial charge in [0.05, 0.1) is 9.75 Å². The maximum atomic E-state index is 13.4. The first kappa shape index (κ1) is 31.4. The Kier molecular flexibility index (Phi) is 11.3. The van der Waals surface area contributed by atoms with Crippen molar-refractivity contribution >= 4 is 34.7 Å². The fourth-order valence-electron chi connectivity index (χ4n) is 5.51. The molecule has 1 aliphatic heterocycles. The zero-order valence-corrected chi connectivity index (χ0v) is 25.2. The summed E-state index contributed by atoms with van der Waals surface area (Å²) in [4.78, 5) is 42.6. The van der Waals surface area contributed by atoms with Crippen molar-refractivity contribution in [2.24, 2.45) is 11.7 Å². The number of amides is 3. The van der Waals surface area contributed by atoms with Crippen LogP contribution in [-0.2, 0) is 11.2 Å². The highest BCUT2D eigenvalue weighted by molar-refractivity contribution is 7.15. The van der Waals surface area contributed by atoms with Crippen molar-refractivity contribution in [1.82, 2.24) is 10.2 Å². The first-order valence-corrected chi connectivity index (χ1v) is 15.6. The van der Waals surface area contributed by atoms with Crippen LogP contribution in [-0.4, -0.2) is 47.3 Å². The lowest BCUT2D eigenvalue weighted by molar-refractivity contribution is -0.119. The van der Waals surface area contributed by atoms with E-state index in [4.69, 9.17) is 5.73 Å². The summed E-state index contributed by atoms with van der Waals surface area (Å²) in [5.41, 5.74) is 8.15. The molecule has 9 heteroatoms. The van der Waals surface area contributed by atoms with Gasteiger partial charge in [-0.1, -0.05) is 50.6 Å². The Balaban J connectivity index is 1.43. The van der Waals surface area contributed by atoms with Gasteiger partial charge in [0, 0.05) is 36.3 Å². The largest absolute Gasteiger partial charge is 0.347 e. The zero-order chi connectivity index (χ0) is 30.1. The molecule has 0 radical (unpaired) electrons. The second-order valence-corrected chi connectivity index (χ2v) is 12.3. The van der Waals surface area contributed by atoms with Gasteiger partial charge >= 0.3 is 0 Å². The number of benzene rings is 2. The molecular weight excluding hydrogens is 551 g/mol. The summed E-state index contributed by atoms with van der Waals surface area (Å²) < 4.78 is 13.2. The standard InChI is InChI=1S/C33H41FN4O3S/c1-3-9-26-12-7-8-19-38(26)33(41)30-18-17-29(42-30)32(40)37-28(21-23-10-5-4-6-11-23)27(35)20-22(2)31(39)36-25-15-13-24(34)14-16-25/h4-6,10-11,13-18,22,26-28H,3,7-9,12,19-21,35H2,1-2H3,(H,36,39)(H,37,40)/t22-,26?,27+,28+/m1/s1. The fraction of sp³-hybridized carbons (Fsp3) is 0.424. The molecule has 1 unspecified atom stereocenters. The number of nitrogens with zero attached hydrogens (tertiary/aromatic N) is 1. The van der Waals surface area contributed by atoms with Gasteiger partial charge in [0.15, 0.2) is 0 Å². The molecule has 1 aliphatic rings. The molecule has 1 aromatic heterocycles. The van der Waals surface area contributed by atoms with Crippen LogP contribution in [0.5, 0.6) is 0 Å². The lowest BCUT2D eigenvalue weighted by Gasteiger charge is -2.35. The van der Waals surface area contributed by atoms with E-state index in [1.165, 1.54) is 35.6 Å². The molecule has 0 aliphatic carbocycles. The van der Waals surface area contributed by atoms with Crippen molar-refractivity contribution in [3.8, 4) is 0 Å². The van der Waals surface area contributed by atoms with Crippen molar-refractivity contribution in [3.63, 3.8) is 0 Å². The van der Waals surface area contributed by atoms with Crippen LogP contribution in [0, 0.1) is 11.7 Å². The Morgan fingerprint density at radius 3 is 2.45 bits per heavy atom. The fourth-order valence-corrected chi connectivity index (χ4v) is 6.38. The summed E-state index contributed by atoms with van der Waals surface area (Å²) in [6.45, 7) is 4.67. The SMILES string of the molecule is CCCC1CCCCN1C(=O)c1ccc(C(=O)N[C@@H](Cc2ccccc2)[C@@H](N)C[C@@H](C)C(=O)Nc2ccc(F)cc2)s1. The number of nitrogens with two attached hydrogens (primary N) is 1. The number of carbonyl (C=O) groups excluding carboxylic acids is 3. The Morgan fingerprint density at radius 1 is 1.02 bits per heavy atom. The number of piperidine rings is 1. The van der Waals surface area contributed by atoms with E-state index in [1.54, 1.807) is 19.1 Å². The predicted octanol–water partition coefficient (Wildman–Crippen LogP) is 6.02. The van der Waals surface area contributed by atoms with E-state index in [2.05, 4.69) is 17.6 Å². The molecule has 42 heavy (non-hydrogen) atoms. The first-order chi connectivity index (χ1) is 20.2. The number of carbonyl (C=O) groups is 3. The third-order valence-corrected chi connectivity index (χ3v) is 8.94. The number of anilines is 1. The summed E-state index contributed by atoms with van der Waals surface area (Å²) >= 11 is 1.21. The summed E-state index contributed by atoms with van der Waals surface area (Å²) in [6.07, 6.45) is 6.01. The van der Waals surface area contributed by atoms with Gasteiger partial charge in [-0.2, -0.15) is 0 Å². The number of hydrogen-bond donors (Lipinski definition) is 3. The number of nitrogens with one attached hydrogen (secondary N) is 2. The smallest absolute Gasteiger partial charge is 0.264 e. The topological polar surface area (TPSA) is 105 Å². The minimum absolute atomic E-state index is 0.00395. The van der Waals surface area contributed by atoms with Gasteiger partial charge in [-0.15, -0.1) is 11.3 Å². The molecule has 0 bridgehead atoms. The van der Waals surface area contributed by atoms with E-state index in [-0.39, 0.29) is 29.6 Å².